The van der Waals surface area contributed by atoms with Gasteiger partial charge in [-0.15, -0.1) is 0 Å². The molecule has 0 rings (SSSR count). The fourth-order valence-corrected chi connectivity index (χ4v) is 0. The Balaban J connectivity index is 0. The molecule has 0 unspecified atom stereocenters. The summed E-state index contributed by atoms with van der Waals surface area (Å²) in [5.74, 6) is -0.435. The molecule has 0 saturated carbocycles. The van der Waals surface area contributed by atoms with Crippen molar-refractivity contribution in [2.75, 3.05) is 6.66 Å². The van der Waals surface area contributed by atoms with Crippen LogP contribution in [0.5, 0.6) is 0 Å². The Bertz CT molecular complexity index is 174. The van der Waals surface area contributed by atoms with Crippen LogP contribution in [0.15, 0.2) is 12.2 Å². The highest BCUT2D eigenvalue weighted by Crippen LogP contribution is 2.26. The average molecular weight is 181 g/mol. The monoisotopic (exact) mass is 181 g/mol. The minimum Gasteiger partial charge on any atom is -0.366 e. The highest BCUT2D eigenvalue weighted by molar-refractivity contribution is 7.50. The number of rotatable bonds is 1. The van der Waals surface area contributed by atoms with E-state index in [1.807, 2.05) is 0 Å². The van der Waals surface area contributed by atoms with E-state index in [1.165, 1.54) is 0 Å². The maximum atomic E-state index is 9.82. The number of carbonyl (C=O) groups excluding carboxylic acids is 1. The van der Waals surface area contributed by atoms with Gasteiger partial charge in [-0.2, -0.15) is 0 Å². The first-order valence-electron chi connectivity index (χ1n) is 2.63. The molecule has 0 bridgehead atoms. The Labute approximate surface area is 65.1 Å². The van der Waals surface area contributed by atoms with E-state index in [2.05, 4.69) is 6.58 Å². The van der Waals surface area contributed by atoms with Crippen LogP contribution in [0.3, 0.4) is 0 Å². The van der Waals surface area contributed by atoms with Gasteiger partial charge in [0, 0.05) is 12.2 Å². The molecule has 6 heteroatoms. The van der Waals surface area contributed by atoms with E-state index < -0.39 is 13.5 Å². The summed E-state index contributed by atoms with van der Waals surface area (Å²) in [7, 11) is -3.64. The molecule has 0 heterocycles. The lowest BCUT2D eigenvalue weighted by atomic mass is 10.3. The van der Waals surface area contributed by atoms with Gasteiger partial charge >= 0.3 is 7.60 Å². The van der Waals surface area contributed by atoms with Gasteiger partial charge in [-0.05, 0) is 6.92 Å². The third kappa shape index (κ3) is 44.9. The molecule has 0 aliphatic carbocycles. The molecule has 11 heavy (non-hydrogen) atoms. The lowest BCUT2D eigenvalue weighted by Crippen LogP contribution is -2.10. The first-order valence-corrected chi connectivity index (χ1v) is 4.69. The highest BCUT2D eigenvalue weighted by atomic mass is 31.2. The largest absolute Gasteiger partial charge is 0.366 e. The Kier molecular flexibility index (Phi) is 5.98. The zero-order valence-corrected chi connectivity index (χ0v) is 7.34. The molecule has 0 aromatic rings. The normalized spacial score (nSPS) is 9.45. The van der Waals surface area contributed by atoms with Gasteiger partial charge in [-0.3, -0.25) is 9.36 Å². The molecule has 66 valence electrons. The summed E-state index contributed by atoms with van der Waals surface area (Å²) in [4.78, 5) is 25.1. The lowest BCUT2D eigenvalue weighted by molar-refractivity contribution is -0.114. The van der Waals surface area contributed by atoms with Gasteiger partial charge in [-0.25, -0.2) is 0 Å². The Hall–Kier alpha value is -0.640. The van der Waals surface area contributed by atoms with E-state index in [4.69, 9.17) is 15.5 Å². The van der Waals surface area contributed by atoms with Crippen molar-refractivity contribution in [3.05, 3.63) is 12.2 Å². The number of amides is 1. The first kappa shape index (κ1) is 13.0. The summed E-state index contributed by atoms with van der Waals surface area (Å²) in [6, 6.07) is 0. The van der Waals surface area contributed by atoms with Crippen LogP contribution >= 0.6 is 7.60 Å². The van der Waals surface area contributed by atoms with Crippen LogP contribution in [0.1, 0.15) is 6.92 Å². The van der Waals surface area contributed by atoms with Crippen LogP contribution in [-0.4, -0.2) is 22.4 Å². The molecular formula is C5H12NO4P. The molecule has 0 aromatic carbocycles. The smallest absolute Gasteiger partial charge is 0.322 e. The minimum atomic E-state index is -3.64. The molecule has 4 N–H and O–H groups in total. The van der Waals surface area contributed by atoms with E-state index in [0.717, 1.165) is 6.66 Å². The van der Waals surface area contributed by atoms with Crippen LogP contribution in [0.2, 0.25) is 0 Å². The van der Waals surface area contributed by atoms with E-state index >= 15 is 0 Å². The van der Waals surface area contributed by atoms with Crippen molar-refractivity contribution in [1.29, 1.82) is 0 Å². The first-order chi connectivity index (χ1) is 4.64. The average Bonchev–Trinajstić information content (AvgIpc) is 1.59. The summed E-state index contributed by atoms with van der Waals surface area (Å²) >= 11 is 0. The Morgan fingerprint density at radius 1 is 1.55 bits per heavy atom. The Morgan fingerprint density at radius 2 is 1.64 bits per heavy atom. The maximum absolute atomic E-state index is 9.82. The van der Waals surface area contributed by atoms with Gasteiger partial charge < -0.3 is 15.5 Å². The number of carbonyl (C=O) groups is 1. The fourth-order valence-electron chi connectivity index (χ4n) is 0. The molecule has 0 spiro atoms. The molecule has 0 atom stereocenters. The summed E-state index contributed by atoms with van der Waals surface area (Å²) in [5, 5.41) is 0. The number of hydrogen-bond acceptors (Lipinski definition) is 2. The molecule has 0 radical (unpaired) electrons. The molecule has 1 amide bonds. The topological polar surface area (TPSA) is 101 Å². The van der Waals surface area contributed by atoms with E-state index in [9.17, 15) is 9.36 Å². The molecule has 0 aliphatic rings. The van der Waals surface area contributed by atoms with E-state index in [-0.39, 0.29) is 0 Å². The van der Waals surface area contributed by atoms with Gasteiger partial charge in [-0.1, -0.05) is 6.58 Å². The van der Waals surface area contributed by atoms with Gasteiger partial charge in [0.15, 0.2) is 0 Å². The summed E-state index contributed by atoms with van der Waals surface area (Å²) in [6.07, 6.45) is 0. The quantitative estimate of drug-likeness (QED) is 0.386. The predicted octanol–water partition coefficient (Wildman–Crippen LogP) is -0.158. The second-order valence-electron chi connectivity index (χ2n) is 1.98. The summed E-state index contributed by atoms with van der Waals surface area (Å²) < 4.78 is 9.33. The predicted molar refractivity (Wildman–Crippen MR) is 42.0 cm³/mol. The van der Waals surface area contributed by atoms with Crippen LogP contribution in [0.25, 0.3) is 0 Å². The van der Waals surface area contributed by atoms with Crippen LogP contribution in [0.4, 0.5) is 0 Å². The molecule has 0 saturated heterocycles. The highest BCUT2D eigenvalue weighted by Gasteiger charge is 1.95. The van der Waals surface area contributed by atoms with Crippen molar-refractivity contribution in [3.63, 3.8) is 0 Å². The van der Waals surface area contributed by atoms with Gasteiger partial charge in [0.1, 0.15) is 0 Å². The van der Waals surface area contributed by atoms with E-state index in [0.29, 0.717) is 5.57 Å². The second-order valence-corrected chi connectivity index (χ2v) is 3.65. The third-order valence-electron chi connectivity index (χ3n) is 0.421. The molecule has 0 fully saturated rings. The second kappa shape index (κ2) is 5.07. The van der Waals surface area contributed by atoms with Gasteiger partial charge in [0.2, 0.25) is 5.91 Å². The number of nitrogens with two attached hydrogens (primary N) is 1. The minimum absolute atomic E-state index is 0.398. The maximum Gasteiger partial charge on any atom is 0.322 e. The van der Waals surface area contributed by atoms with Crippen molar-refractivity contribution >= 4 is 13.5 Å². The molecule has 0 aromatic heterocycles. The lowest BCUT2D eigenvalue weighted by Gasteiger charge is -1.84. The number of hydrogen-bond donors (Lipinski definition) is 3. The van der Waals surface area contributed by atoms with Crippen LogP contribution in [0, 0.1) is 0 Å². The van der Waals surface area contributed by atoms with Crippen molar-refractivity contribution in [2.24, 2.45) is 5.73 Å². The summed E-state index contributed by atoms with van der Waals surface area (Å²) in [6.45, 7) is 5.71. The standard InChI is InChI=1S/C4H7NO.CH5O3P/c1-3(2)4(5)6;1-5(2,3)4/h1H2,2H3,(H2,5,6);1H3,(H2,2,3,4). The zero-order chi connectivity index (χ0) is 9.65. The zero-order valence-electron chi connectivity index (χ0n) is 6.44. The SMILES string of the molecule is C=C(C)C(N)=O.CP(=O)(O)O. The van der Waals surface area contributed by atoms with Crippen molar-refractivity contribution < 1.29 is 19.1 Å². The van der Waals surface area contributed by atoms with Crippen LogP contribution in [-0.2, 0) is 9.36 Å². The van der Waals surface area contributed by atoms with Crippen LogP contribution < -0.4 is 5.73 Å². The molecule has 5 nitrogen and oxygen atoms in total. The van der Waals surface area contributed by atoms with E-state index in [1.54, 1.807) is 6.92 Å². The third-order valence-corrected chi connectivity index (χ3v) is 0.421. The van der Waals surface area contributed by atoms with Crippen molar-refractivity contribution in [3.8, 4) is 0 Å². The summed E-state index contributed by atoms with van der Waals surface area (Å²) in [5.41, 5.74) is 5.09. The van der Waals surface area contributed by atoms with Crippen molar-refractivity contribution in [1.82, 2.24) is 0 Å². The molecule has 0 aliphatic heterocycles. The number of primary amides is 1. The molecular weight excluding hydrogens is 169 g/mol. The van der Waals surface area contributed by atoms with Crippen molar-refractivity contribution in [2.45, 2.75) is 6.92 Å². The van der Waals surface area contributed by atoms with Gasteiger partial charge in [0.05, 0.1) is 0 Å². The van der Waals surface area contributed by atoms with Gasteiger partial charge in [0.25, 0.3) is 0 Å². The Morgan fingerprint density at radius 3 is 1.64 bits per heavy atom. The fraction of sp³-hybridized carbons (Fsp3) is 0.400.